The van der Waals surface area contributed by atoms with Crippen molar-refractivity contribution < 1.29 is 9.47 Å². The van der Waals surface area contributed by atoms with Crippen LogP contribution in [-0.4, -0.2) is 20.8 Å². The largest absolute Gasteiger partial charge is 0.497 e. The highest BCUT2D eigenvalue weighted by Gasteiger charge is 2.19. The van der Waals surface area contributed by atoms with Crippen molar-refractivity contribution in [1.82, 2.24) is 5.32 Å². The predicted molar refractivity (Wildman–Crippen MR) is 84.0 cm³/mol. The van der Waals surface area contributed by atoms with E-state index >= 15 is 0 Å². The number of ether oxygens (including phenoxy) is 2. The average Bonchev–Trinajstić information content (AvgIpc) is 3.01. The summed E-state index contributed by atoms with van der Waals surface area (Å²) < 4.78 is 10.9. The minimum absolute atomic E-state index is 0.139. The van der Waals surface area contributed by atoms with E-state index in [0.29, 0.717) is 0 Å². The summed E-state index contributed by atoms with van der Waals surface area (Å²) in [4.78, 5) is 1.28. The van der Waals surface area contributed by atoms with Crippen LogP contribution in [0.15, 0.2) is 35.7 Å². The average molecular weight is 291 g/mol. The highest BCUT2D eigenvalue weighted by Crippen LogP contribution is 2.34. The van der Waals surface area contributed by atoms with Gasteiger partial charge in [0.05, 0.1) is 20.3 Å². The molecule has 1 atom stereocenters. The molecule has 1 unspecified atom stereocenters. The van der Waals surface area contributed by atoms with Gasteiger partial charge in [-0.05, 0) is 42.6 Å². The zero-order valence-electron chi connectivity index (χ0n) is 12.2. The normalized spacial score (nSPS) is 12.2. The molecule has 0 aliphatic rings. The maximum Gasteiger partial charge on any atom is 0.124 e. The lowest BCUT2D eigenvalue weighted by Gasteiger charge is -2.21. The topological polar surface area (TPSA) is 30.5 Å². The fourth-order valence-corrected chi connectivity index (χ4v) is 2.99. The van der Waals surface area contributed by atoms with E-state index < -0.39 is 0 Å². The molecule has 0 fully saturated rings. The molecule has 4 heteroatoms. The number of thiophene rings is 1. The van der Waals surface area contributed by atoms with Crippen molar-refractivity contribution in [3.63, 3.8) is 0 Å². The number of rotatable bonds is 7. The zero-order valence-corrected chi connectivity index (χ0v) is 13.0. The first-order valence-corrected chi connectivity index (χ1v) is 7.66. The molecule has 1 aromatic heterocycles. The first-order chi connectivity index (χ1) is 9.80. The second kappa shape index (κ2) is 7.31. The van der Waals surface area contributed by atoms with E-state index in [4.69, 9.17) is 9.47 Å². The van der Waals surface area contributed by atoms with Crippen LogP contribution in [0.1, 0.15) is 29.8 Å². The van der Waals surface area contributed by atoms with Crippen molar-refractivity contribution in [2.45, 2.75) is 19.4 Å². The molecule has 0 spiro atoms. The van der Waals surface area contributed by atoms with E-state index in [0.717, 1.165) is 30.0 Å². The summed E-state index contributed by atoms with van der Waals surface area (Å²) in [5.41, 5.74) is 1.11. The maximum absolute atomic E-state index is 5.51. The summed E-state index contributed by atoms with van der Waals surface area (Å²) in [6, 6.07) is 10.3. The lowest BCUT2D eigenvalue weighted by atomic mass is 10.0. The molecule has 108 valence electrons. The lowest BCUT2D eigenvalue weighted by Crippen LogP contribution is -2.23. The molecule has 20 heavy (non-hydrogen) atoms. The van der Waals surface area contributed by atoms with Crippen LogP contribution in [0.25, 0.3) is 0 Å². The molecule has 1 aromatic carbocycles. The quantitative estimate of drug-likeness (QED) is 0.840. The third kappa shape index (κ3) is 3.32. The Morgan fingerprint density at radius 2 is 2.05 bits per heavy atom. The smallest absolute Gasteiger partial charge is 0.124 e. The Morgan fingerprint density at radius 3 is 2.65 bits per heavy atom. The number of nitrogens with one attached hydrogen (secondary N) is 1. The molecular weight excluding hydrogens is 270 g/mol. The Bertz CT molecular complexity index is 525. The van der Waals surface area contributed by atoms with Gasteiger partial charge in [-0.25, -0.2) is 0 Å². The Kier molecular flexibility index (Phi) is 5.44. The van der Waals surface area contributed by atoms with E-state index in [9.17, 15) is 0 Å². The zero-order chi connectivity index (χ0) is 14.4. The van der Waals surface area contributed by atoms with Crippen molar-refractivity contribution in [3.05, 3.63) is 46.2 Å². The van der Waals surface area contributed by atoms with Gasteiger partial charge in [-0.2, -0.15) is 0 Å². The van der Waals surface area contributed by atoms with Crippen LogP contribution in [0.4, 0.5) is 0 Å². The summed E-state index contributed by atoms with van der Waals surface area (Å²) in [6.45, 7) is 3.13. The number of benzene rings is 1. The Balaban J connectivity index is 2.41. The minimum atomic E-state index is 0.139. The molecule has 1 N–H and O–H groups in total. The molecule has 0 amide bonds. The van der Waals surface area contributed by atoms with E-state index in [1.807, 2.05) is 18.2 Å². The van der Waals surface area contributed by atoms with Gasteiger partial charge in [-0.15, -0.1) is 11.3 Å². The van der Waals surface area contributed by atoms with E-state index in [1.54, 1.807) is 25.6 Å². The van der Waals surface area contributed by atoms with Crippen molar-refractivity contribution >= 4 is 11.3 Å². The molecule has 0 aliphatic carbocycles. The van der Waals surface area contributed by atoms with Gasteiger partial charge < -0.3 is 14.8 Å². The van der Waals surface area contributed by atoms with E-state index in [-0.39, 0.29) is 6.04 Å². The second-order valence-electron chi connectivity index (χ2n) is 4.51. The third-order valence-corrected chi connectivity index (χ3v) is 4.11. The molecule has 0 aliphatic heterocycles. The summed E-state index contributed by atoms with van der Waals surface area (Å²) >= 11 is 1.75. The monoisotopic (exact) mass is 291 g/mol. The van der Waals surface area contributed by atoms with Gasteiger partial charge in [0.2, 0.25) is 0 Å². The summed E-state index contributed by atoms with van der Waals surface area (Å²) in [7, 11) is 3.39. The van der Waals surface area contributed by atoms with Crippen LogP contribution in [0, 0.1) is 0 Å². The Labute approximate surface area is 124 Å². The lowest BCUT2D eigenvalue weighted by molar-refractivity contribution is 0.394. The first kappa shape index (κ1) is 14.9. The van der Waals surface area contributed by atoms with Gasteiger partial charge in [0.15, 0.2) is 0 Å². The van der Waals surface area contributed by atoms with Crippen LogP contribution in [-0.2, 0) is 0 Å². The predicted octanol–water partition coefficient (Wildman–Crippen LogP) is 3.85. The van der Waals surface area contributed by atoms with Crippen LogP contribution in [0.2, 0.25) is 0 Å². The van der Waals surface area contributed by atoms with Crippen LogP contribution in [0.3, 0.4) is 0 Å². The molecule has 0 saturated heterocycles. The Hall–Kier alpha value is -1.52. The molecule has 1 heterocycles. The van der Waals surface area contributed by atoms with Gasteiger partial charge in [-0.3, -0.25) is 0 Å². The molecular formula is C16H21NO2S. The van der Waals surface area contributed by atoms with Gasteiger partial charge in [-0.1, -0.05) is 13.0 Å². The fraction of sp³-hybridized carbons (Fsp3) is 0.375. The first-order valence-electron chi connectivity index (χ1n) is 6.78. The highest BCUT2D eigenvalue weighted by atomic mass is 32.1. The van der Waals surface area contributed by atoms with Crippen LogP contribution >= 0.6 is 11.3 Å². The molecule has 2 rings (SSSR count). The fourth-order valence-electron chi connectivity index (χ4n) is 2.17. The molecule has 0 bridgehead atoms. The van der Waals surface area contributed by atoms with Gasteiger partial charge in [0.1, 0.15) is 11.5 Å². The van der Waals surface area contributed by atoms with Gasteiger partial charge >= 0.3 is 0 Å². The van der Waals surface area contributed by atoms with Crippen molar-refractivity contribution in [3.8, 4) is 11.5 Å². The van der Waals surface area contributed by atoms with Crippen LogP contribution in [0.5, 0.6) is 11.5 Å². The van der Waals surface area contributed by atoms with E-state index in [2.05, 4.69) is 29.8 Å². The van der Waals surface area contributed by atoms with Crippen molar-refractivity contribution in [2.24, 2.45) is 0 Å². The summed E-state index contributed by atoms with van der Waals surface area (Å²) in [5.74, 6) is 1.73. The maximum atomic E-state index is 5.51. The van der Waals surface area contributed by atoms with Gasteiger partial charge in [0.25, 0.3) is 0 Å². The molecule has 0 saturated carbocycles. The highest BCUT2D eigenvalue weighted by molar-refractivity contribution is 7.10. The van der Waals surface area contributed by atoms with Crippen LogP contribution < -0.4 is 14.8 Å². The van der Waals surface area contributed by atoms with Gasteiger partial charge in [0, 0.05) is 10.4 Å². The molecule has 2 aromatic rings. The number of hydrogen-bond acceptors (Lipinski definition) is 4. The Morgan fingerprint density at radius 1 is 1.20 bits per heavy atom. The second-order valence-corrected chi connectivity index (χ2v) is 5.49. The SMILES string of the molecule is CCCNC(c1cccs1)c1cc(OC)ccc1OC. The standard InChI is InChI=1S/C16H21NO2S/c1-4-9-17-16(15-6-5-10-20-15)13-11-12(18-2)7-8-14(13)19-3/h5-8,10-11,16-17H,4,9H2,1-3H3. The summed E-state index contributed by atoms with van der Waals surface area (Å²) in [5, 5.41) is 5.69. The minimum Gasteiger partial charge on any atom is -0.497 e. The number of methoxy groups -OCH3 is 2. The molecule has 3 nitrogen and oxygen atoms in total. The number of hydrogen-bond donors (Lipinski definition) is 1. The van der Waals surface area contributed by atoms with Crippen molar-refractivity contribution in [2.75, 3.05) is 20.8 Å². The van der Waals surface area contributed by atoms with E-state index in [1.165, 1.54) is 4.88 Å². The molecule has 0 radical (unpaired) electrons. The summed E-state index contributed by atoms with van der Waals surface area (Å²) in [6.07, 6.45) is 1.09. The third-order valence-electron chi connectivity index (χ3n) is 3.17. The van der Waals surface area contributed by atoms with Crippen molar-refractivity contribution in [1.29, 1.82) is 0 Å².